The molecule has 4 rings (SSSR count). The summed E-state index contributed by atoms with van der Waals surface area (Å²) in [5.41, 5.74) is 2.34. The minimum atomic E-state index is -0.331. The lowest BCUT2D eigenvalue weighted by atomic mass is 10.2. The zero-order valence-electron chi connectivity index (χ0n) is 15.1. The number of aryl methyl sites for hydroxylation is 1. The Morgan fingerprint density at radius 2 is 2.00 bits per heavy atom. The van der Waals surface area contributed by atoms with E-state index < -0.39 is 0 Å². The number of ether oxygens (including phenoxy) is 1. The van der Waals surface area contributed by atoms with Gasteiger partial charge in [0.05, 0.1) is 6.26 Å². The van der Waals surface area contributed by atoms with Gasteiger partial charge in [-0.1, -0.05) is 35.5 Å². The van der Waals surface area contributed by atoms with Crippen LogP contribution in [0.5, 0.6) is 5.75 Å². The Hall–Kier alpha value is -3.87. The van der Waals surface area contributed by atoms with Gasteiger partial charge in [-0.2, -0.15) is 4.98 Å². The minimum Gasteiger partial charge on any atom is -0.483 e. The third-order valence-corrected chi connectivity index (χ3v) is 4.04. The molecular weight excluding hydrogens is 358 g/mol. The number of para-hydroxylation sites is 1. The Morgan fingerprint density at radius 3 is 2.82 bits per heavy atom. The van der Waals surface area contributed by atoms with Crippen LogP contribution in [0.15, 0.2) is 75.9 Å². The van der Waals surface area contributed by atoms with Crippen molar-refractivity contribution < 1.29 is 18.5 Å². The standard InChI is InChI=1S/C21H17N3O4/c1-14-6-2-3-9-17(14)27-13-19-23-20(24-28-19)15-7-4-8-16(12-15)22-21(25)18-10-5-11-26-18/h2-12H,13H2,1H3,(H,22,25). The van der Waals surface area contributed by atoms with E-state index in [0.717, 1.165) is 11.3 Å². The zero-order chi connectivity index (χ0) is 19.3. The van der Waals surface area contributed by atoms with Gasteiger partial charge in [-0.3, -0.25) is 4.79 Å². The van der Waals surface area contributed by atoms with E-state index in [4.69, 9.17) is 13.7 Å². The number of carbonyl (C=O) groups is 1. The fourth-order valence-electron chi connectivity index (χ4n) is 2.63. The van der Waals surface area contributed by atoms with Crippen molar-refractivity contribution in [2.45, 2.75) is 13.5 Å². The average Bonchev–Trinajstić information content (AvgIpc) is 3.40. The monoisotopic (exact) mass is 375 g/mol. The first-order valence-corrected chi connectivity index (χ1v) is 8.65. The molecule has 28 heavy (non-hydrogen) atoms. The van der Waals surface area contributed by atoms with Crippen molar-refractivity contribution in [2.24, 2.45) is 0 Å². The van der Waals surface area contributed by atoms with Crippen molar-refractivity contribution in [2.75, 3.05) is 5.32 Å². The van der Waals surface area contributed by atoms with E-state index in [1.165, 1.54) is 6.26 Å². The van der Waals surface area contributed by atoms with Gasteiger partial charge in [0.1, 0.15) is 5.75 Å². The SMILES string of the molecule is Cc1ccccc1OCc1nc(-c2cccc(NC(=O)c3ccco3)c2)no1. The molecule has 2 aromatic heterocycles. The Bertz CT molecular complexity index is 1090. The molecule has 4 aromatic rings. The number of benzene rings is 2. The van der Waals surface area contributed by atoms with Crippen LogP contribution in [-0.2, 0) is 6.61 Å². The fourth-order valence-corrected chi connectivity index (χ4v) is 2.63. The molecule has 0 aliphatic rings. The summed E-state index contributed by atoms with van der Waals surface area (Å²) in [6.07, 6.45) is 1.45. The van der Waals surface area contributed by atoms with E-state index in [0.29, 0.717) is 23.0 Å². The number of amides is 1. The highest BCUT2D eigenvalue weighted by atomic mass is 16.5. The predicted octanol–water partition coefficient (Wildman–Crippen LogP) is 4.47. The third kappa shape index (κ3) is 3.93. The summed E-state index contributed by atoms with van der Waals surface area (Å²) in [6.45, 7) is 2.14. The molecule has 0 fully saturated rings. The van der Waals surface area contributed by atoms with E-state index in [1.807, 2.05) is 37.3 Å². The Morgan fingerprint density at radius 1 is 1.11 bits per heavy atom. The lowest BCUT2D eigenvalue weighted by molar-refractivity contribution is 0.0996. The van der Waals surface area contributed by atoms with Gasteiger partial charge in [0.2, 0.25) is 5.82 Å². The highest BCUT2D eigenvalue weighted by molar-refractivity contribution is 6.02. The molecule has 7 heteroatoms. The first-order valence-electron chi connectivity index (χ1n) is 8.65. The lowest BCUT2D eigenvalue weighted by Crippen LogP contribution is -2.10. The van der Waals surface area contributed by atoms with Crippen LogP contribution in [0.25, 0.3) is 11.4 Å². The van der Waals surface area contributed by atoms with Crippen molar-refractivity contribution in [1.82, 2.24) is 10.1 Å². The largest absolute Gasteiger partial charge is 0.483 e. The van der Waals surface area contributed by atoms with Gasteiger partial charge in [0, 0.05) is 11.3 Å². The minimum absolute atomic E-state index is 0.173. The first-order chi connectivity index (χ1) is 13.7. The van der Waals surface area contributed by atoms with Crippen molar-refractivity contribution in [3.8, 4) is 17.1 Å². The van der Waals surface area contributed by atoms with E-state index in [-0.39, 0.29) is 18.3 Å². The second kappa shape index (κ2) is 7.79. The number of rotatable bonds is 6. The van der Waals surface area contributed by atoms with Crippen molar-refractivity contribution in [3.63, 3.8) is 0 Å². The van der Waals surface area contributed by atoms with Gasteiger partial charge in [0.15, 0.2) is 12.4 Å². The molecular formula is C21H17N3O4. The number of anilines is 1. The highest BCUT2D eigenvalue weighted by Crippen LogP contribution is 2.22. The van der Waals surface area contributed by atoms with Crippen LogP contribution in [-0.4, -0.2) is 16.0 Å². The van der Waals surface area contributed by atoms with Gasteiger partial charge in [-0.05, 0) is 42.8 Å². The van der Waals surface area contributed by atoms with Crippen LogP contribution >= 0.6 is 0 Å². The topological polar surface area (TPSA) is 90.4 Å². The predicted molar refractivity (Wildman–Crippen MR) is 102 cm³/mol. The number of carbonyl (C=O) groups excluding carboxylic acids is 1. The Kier molecular flexibility index (Phi) is 4.88. The van der Waals surface area contributed by atoms with Gasteiger partial charge in [0.25, 0.3) is 11.8 Å². The van der Waals surface area contributed by atoms with Crippen LogP contribution in [0.1, 0.15) is 22.0 Å². The number of hydrogen-bond acceptors (Lipinski definition) is 6. The molecule has 7 nitrogen and oxygen atoms in total. The molecule has 0 atom stereocenters. The number of aromatic nitrogens is 2. The number of hydrogen-bond donors (Lipinski definition) is 1. The van der Waals surface area contributed by atoms with Crippen LogP contribution < -0.4 is 10.1 Å². The van der Waals surface area contributed by atoms with E-state index in [9.17, 15) is 4.79 Å². The summed E-state index contributed by atoms with van der Waals surface area (Å²) in [5.74, 6) is 1.45. The van der Waals surface area contributed by atoms with Crippen molar-refractivity contribution >= 4 is 11.6 Å². The highest BCUT2D eigenvalue weighted by Gasteiger charge is 2.12. The molecule has 1 amide bonds. The zero-order valence-corrected chi connectivity index (χ0v) is 15.1. The molecule has 0 aliphatic heterocycles. The molecule has 0 saturated heterocycles. The molecule has 0 unspecified atom stereocenters. The maximum atomic E-state index is 12.1. The van der Waals surface area contributed by atoms with Gasteiger partial charge >= 0.3 is 0 Å². The van der Waals surface area contributed by atoms with Crippen molar-refractivity contribution in [1.29, 1.82) is 0 Å². The summed E-state index contributed by atoms with van der Waals surface area (Å²) in [4.78, 5) is 16.5. The third-order valence-electron chi connectivity index (χ3n) is 4.04. The molecule has 0 saturated carbocycles. The first kappa shape index (κ1) is 17.5. The lowest BCUT2D eigenvalue weighted by Gasteiger charge is -2.05. The number of nitrogens with one attached hydrogen (secondary N) is 1. The van der Waals surface area contributed by atoms with Crippen LogP contribution in [0.2, 0.25) is 0 Å². The summed E-state index contributed by atoms with van der Waals surface area (Å²) in [7, 11) is 0. The van der Waals surface area contributed by atoms with Gasteiger partial charge in [-0.15, -0.1) is 0 Å². The molecule has 0 bridgehead atoms. The maximum Gasteiger partial charge on any atom is 0.291 e. The molecule has 140 valence electrons. The summed E-state index contributed by atoms with van der Waals surface area (Å²) in [6, 6.07) is 18.1. The molecule has 0 spiro atoms. The van der Waals surface area contributed by atoms with Crippen LogP contribution in [0.3, 0.4) is 0 Å². The van der Waals surface area contributed by atoms with Crippen LogP contribution in [0, 0.1) is 6.92 Å². The quantitative estimate of drug-likeness (QED) is 0.535. The van der Waals surface area contributed by atoms with E-state index >= 15 is 0 Å². The number of nitrogens with zero attached hydrogens (tertiary/aromatic N) is 2. The van der Waals surface area contributed by atoms with Gasteiger partial charge in [-0.25, -0.2) is 0 Å². The molecule has 2 aromatic carbocycles. The fraction of sp³-hybridized carbons (Fsp3) is 0.0952. The molecule has 0 aliphatic carbocycles. The maximum absolute atomic E-state index is 12.1. The molecule has 2 heterocycles. The average molecular weight is 375 g/mol. The van der Waals surface area contributed by atoms with Crippen LogP contribution in [0.4, 0.5) is 5.69 Å². The summed E-state index contributed by atoms with van der Waals surface area (Å²) >= 11 is 0. The second-order valence-electron chi connectivity index (χ2n) is 6.08. The summed E-state index contributed by atoms with van der Waals surface area (Å²) in [5, 5.41) is 6.76. The number of furan rings is 1. The van der Waals surface area contributed by atoms with Gasteiger partial charge < -0.3 is 19.0 Å². The molecule has 0 radical (unpaired) electrons. The summed E-state index contributed by atoms with van der Waals surface area (Å²) < 4.78 is 16.1. The Balaban J connectivity index is 1.45. The second-order valence-corrected chi connectivity index (χ2v) is 6.08. The normalized spacial score (nSPS) is 10.6. The molecule has 1 N–H and O–H groups in total. The van der Waals surface area contributed by atoms with Crippen molar-refractivity contribution in [3.05, 3.63) is 84.1 Å². The van der Waals surface area contributed by atoms with E-state index in [1.54, 1.807) is 30.3 Å². The van der Waals surface area contributed by atoms with E-state index in [2.05, 4.69) is 15.5 Å². The smallest absolute Gasteiger partial charge is 0.291 e. The Labute approximate surface area is 161 Å².